The highest BCUT2D eigenvalue weighted by Crippen LogP contribution is 2.54. The molecule has 14 atom stereocenters. The number of aliphatic hydroxyl groups is 8. The zero-order chi connectivity index (χ0) is 47.6. The van der Waals surface area contributed by atoms with Crippen molar-refractivity contribution in [3.05, 3.63) is 53.1 Å². The third-order valence-electron chi connectivity index (χ3n) is 12.5. The van der Waals surface area contributed by atoms with Crippen LogP contribution in [0.2, 0.25) is 0 Å². The van der Waals surface area contributed by atoms with Crippen molar-refractivity contribution in [2.75, 3.05) is 82.3 Å². The summed E-state index contributed by atoms with van der Waals surface area (Å²) in [6.45, 7) is -2.13. The van der Waals surface area contributed by atoms with Crippen molar-refractivity contribution in [2.24, 2.45) is 11.8 Å². The Labute approximate surface area is 379 Å². The summed E-state index contributed by atoms with van der Waals surface area (Å²) in [5, 5.41) is 94.7. The first-order chi connectivity index (χ1) is 31.7. The summed E-state index contributed by atoms with van der Waals surface area (Å²) >= 11 is 0. The highest BCUT2D eigenvalue weighted by molar-refractivity contribution is 5.57. The minimum atomic E-state index is -2.06. The summed E-state index contributed by atoms with van der Waals surface area (Å²) in [7, 11) is 8.34. The number of methoxy groups -OCH3 is 6. The van der Waals surface area contributed by atoms with E-state index in [2.05, 4.69) is 0 Å². The average molecular weight is 939 g/mol. The van der Waals surface area contributed by atoms with Crippen LogP contribution in [0, 0.1) is 11.8 Å². The van der Waals surface area contributed by atoms with Crippen LogP contribution >= 0.6 is 0 Å². The number of aromatic hydroxyl groups is 1. The van der Waals surface area contributed by atoms with E-state index < -0.39 is 99.5 Å². The lowest BCUT2D eigenvalue weighted by Crippen LogP contribution is -2.62. The maximum atomic E-state index is 11.4. The van der Waals surface area contributed by atoms with Gasteiger partial charge in [0.25, 0.3) is 0 Å². The molecule has 4 aliphatic heterocycles. The van der Waals surface area contributed by atoms with E-state index in [1.165, 1.54) is 54.8 Å². The van der Waals surface area contributed by atoms with Gasteiger partial charge in [0.05, 0.1) is 94.5 Å². The molecule has 9 N–H and O–H groups in total. The molecule has 0 spiro atoms. The Balaban J connectivity index is 1.11. The van der Waals surface area contributed by atoms with E-state index in [1.54, 1.807) is 24.3 Å². The molecule has 7 rings (SSSR count). The van der Waals surface area contributed by atoms with Gasteiger partial charge in [0.1, 0.15) is 36.1 Å². The molecule has 0 bridgehead atoms. The second-order valence-corrected chi connectivity index (χ2v) is 16.2. The molecular weight excluding hydrogens is 880 g/mol. The lowest BCUT2D eigenvalue weighted by molar-refractivity contribution is -0.319. The van der Waals surface area contributed by atoms with Crippen molar-refractivity contribution in [1.29, 1.82) is 0 Å². The summed E-state index contributed by atoms with van der Waals surface area (Å²) in [5.74, 6) is 0.283. The fourth-order valence-electron chi connectivity index (χ4n) is 8.72. The maximum Gasteiger partial charge on any atom is 0.230 e. The summed E-state index contributed by atoms with van der Waals surface area (Å²) in [6.07, 6.45) is -14.9. The predicted molar refractivity (Wildman–Crippen MR) is 222 cm³/mol. The van der Waals surface area contributed by atoms with Crippen LogP contribution < -0.4 is 37.9 Å². The number of phenolic OH excluding ortho intramolecular Hbond substituents is 1. The average Bonchev–Trinajstić information content (AvgIpc) is 4.04. The molecule has 3 aromatic carbocycles. The van der Waals surface area contributed by atoms with Gasteiger partial charge in [0, 0.05) is 11.8 Å². The monoisotopic (exact) mass is 938 g/mol. The van der Waals surface area contributed by atoms with Gasteiger partial charge in [0.15, 0.2) is 53.0 Å². The zero-order valence-corrected chi connectivity index (χ0v) is 37.0. The SMILES string of the molecule is COc1cc([C@@H](O)[C@H](CO)Oc2c(OC)cc([C@@H]3OC[C@@H]4[C@H]3CO[C@H]4c3cc(OC)c(O[C@@H]4O[C@H](CO)[C@@H](O)[C@H](O)[C@H]4O[C@@H]4OC[C@](O)(CO)[C@H]4O)c(OC)c3)cc2OC)cc(OC)c1O. The smallest absolute Gasteiger partial charge is 0.230 e. The first kappa shape index (κ1) is 49.3. The Morgan fingerprint density at radius 1 is 0.667 bits per heavy atom. The van der Waals surface area contributed by atoms with Crippen LogP contribution in [0.15, 0.2) is 36.4 Å². The lowest BCUT2D eigenvalue weighted by atomic mass is 9.84. The predicted octanol–water partition coefficient (Wildman–Crippen LogP) is -0.364. The van der Waals surface area contributed by atoms with Gasteiger partial charge >= 0.3 is 0 Å². The van der Waals surface area contributed by atoms with Crippen LogP contribution in [0.4, 0.5) is 0 Å². The van der Waals surface area contributed by atoms with E-state index in [4.69, 9.17) is 61.6 Å². The van der Waals surface area contributed by atoms with E-state index in [0.29, 0.717) is 11.1 Å². The molecule has 3 aromatic rings. The number of ether oxygens (including phenoxy) is 13. The molecule has 4 aliphatic rings. The van der Waals surface area contributed by atoms with E-state index in [0.717, 1.165) is 0 Å². The van der Waals surface area contributed by atoms with Crippen molar-refractivity contribution in [1.82, 2.24) is 0 Å². The molecule has 66 heavy (non-hydrogen) atoms. The Morgan fingerprint density at radius 2 is 1.17 bits per heavy atom. The van der Waals surface area contributed by atoms with Gasteiger partial charge in [-0.25, -0.2) is 0 Å². The molecule has 22 nitrogen and oxygen atoms in total. The number of fused-ring (bicyclic) bond motifs is 1. The molecule has 0 aromatic heterocycles. The van der Waals surface area contributed by atoms with Crippen LogP contribution in [0.25, 0.3) is 0 Å². The minimum absolute atomic E-state index is 0.0163. The van der Waals surface area contributed by atoms with Gasteiger partial charge in [-0.1, -0.05) is 0 Å². The fourth-order valence-corrected chi connectivity index (χ4v) is 8.72. The largest absolute Gasteiger partial charge is 0.502 e. The number of hydrogen-bond acceptors (Lipinski definition) is 22. The van der Waals surface area contributed by atoms with Crippen molar-refractivity contribution in [3.8, 4) is 51.7 Å². The number of rotatable bonds is 19. The molecule has 366 valence electrons. The Morgan fingerprint density at radius 3 is 1.61 bits per heavy atom. The number of aliphatic hydroxyl groups excluding tert-OH is 7. The van der Waals surface area contributed by atoms with Crippen molar-refractivity contribution in [2.45, 2.75) is 73.1 Å². The summed E-state index contributed by atoms with van der Waals surface area (Å²) in [4.78, 5) is 0. The Bertz CT molecular complexity index is 2050. The summed E-state index contributed by atoms with van der Waals surface area (Å²) in [5.41, 5.74) is -0.509. The van der Waals surface area contributed by atoms with Crippen molar-refractivity contribution < 1.29 is 108 Å². The minimum Gasteiger partial charge on any atom is -0.502 e. The van der Waals surface area contributed by atoms with Crippen LogP contribution in [0.1, 0.15) is 35.0 Å². The second-order valence-electron chi connectivity index (χ2n) is 16.2. The van der Waals surface area contributed by atoms with Crippen LogP contribution in [0.5, 0.6) is 51.7 Å². The fraction of sp³-hybridized carbons (Fsp3) is 0.591. The molecule has 0 radical (unpaired) electrons. The summed E-state index contributed by atoms with van der Waals surface area (Å²) in [6, 6.07) is 9.59. The first-order valence-electron chi connectivity index (χ1n) is 21.0. The number of phenols is 1. The van der Waals surface area contributed by atoms with E-state index in [9.17, 15) is 46.0 Å². The number of hydrogen-bond donors (Lipinski definition) is 9. The topological polar surface area (TPSA) is 302 Å². The molecule has 4 saturated heterocycles. The van der Waals surface area contributed by atoms with E-state index in [-0.39, 0.29) is 82.4 Å². The normalized spacial score (nSPS) is 31.5. The lowest BCUT2D eigenvalue weighted by Gasteiger charge is -2.42. The molecule has 4 heterocycles. The third-order valence-corrected chi connectivity index (χ3v) is 12.5. The van der Waals surface area contributed by atoms with Gasteiger partial charge in [-0.2, -0.15) is 0 Å². The van der Waals surface area contributed by atoms with Gasteiger partial charge in [-0.15, -0.1) is 0 Å². The molecule has 0 saturated carbocycles. The summed E-state index contributed by atoms with van der Waals surface area (Å²) < 4.78 is 75.7. The van der Waals surface area contributed by atoms with Gasteiger partial charge < -0.3 is 108 Å². The maximum absolute atomic E-state index is 11.4. The molecule has 22 heteroatoms. The van der Waals surface area contributed by atoms with Gasteiger partial charge in [-0.3, -0.25) is 0 Å². The van der Waals surface area contributed by atoms with Crippen molar-refractivity contribution in [3.63, 3.8) is 0 Å². The van der Waals surface area contributed by atoms with Crippen LogP contribution in [-0.4, -0.2) is 183 Å². The second kappa shape index (κ2) is 20.7. The number of benzene rings is 3. The zero-order valence-electron chi connectivity index (χ0n) is 37.0. The van der Waals surface area contributed by atoms with Gasteiger partial charge in [-0.05, 0) is 53.1 Å². The molecule has 0 unspecified atom stereocenters. The molecule has 4 fully saturated rings. The van der Waals surface area contributed by atoms with E-state index in [1.807, 2.05) is 0 Å². The van der Waals surface area contributed by atoms with Crippen LogP contribution in [0.3, 0.4) is 0 Å². The molecular formula is C44H58O22. The Kier molecular flexibility index (Phi) is 15.4. The quantitative estimate of drug-likeness (QED) is 0.0741. The first-order valence-corrected chi connectivity index (χ1v) is 21.0. The Hall–Kier alpha value is -4.66. The van der Waals surface area contributed by atoms with Gasteiger partial charge in [0.2, 0.25) is 23.5 Å². The van der Waals surface area contributed by atoms with Crippen LogP contribution in [-0.2, 0) is 23.7 Å². The molecule has 0 aliphatic carbocycles. The highest BCUT2D eigenvalue weighted by Gasteiger charge is 2.54. The molecule has 0 amide bonds. The van der Waals surface area contributed by atoms with Crippen molar-refractivity contribution >= 4 is 0 Å². The standard InChI is InChI=1S/C44H58O22/c1-54-24-7-19(8-25(55-2)33(24)49)32(48)30(13-45)63-38-26(56-3)9-20(10-27(38)57-4)36-22-15-61-37(23(22)16-60-36)21-11-28(58-5)39(29(12-21)59-6)65-42-40(35(51)34(50)31(14-46)64-42)66-43-41(52)44(53,17-47)18-62-43/h7-12,22-23,30-32,34-37,40-43,45-53H,13-18H2,1-6H3/t22-,23-,30+,31-,32-,34-,35+,36+,37+,40-,41+,42+,43+,44-/m1/s1. The highest BCUT2D eigenvalue weighted by atomic mass is 16.8. The van der Waals surface area contributed by atoms with E-state index >= 15 is 0 Å². The third kappa shape index (κ3) is 9.18.